The second-order valence-corrected chi connectivity index (χ2v) is 9.89. The second kappa shape index (κ2) is 8.75. The number of amides is 2. The SMILES string of the molecule is CS(=O)(=O)CC[C@H](C(=O)OCc1ccccc1)N1C(=O)c2cc(Cl)c(Cl)cc2C1=O. The van der Waals surface area contributed by atoms with Gasteiger partial charge in [-0.3, -0.25) is 14.5 Å². The molecule has 158 valence electrons. The summed E-state index contributed by atoms with van der Waals surface area (Å²) >= 11 is 11.9. The van der Waals surface area contributed by atoms with Crippen LogP contribution >= 0.6 is 23.2 Å². The van der Waals surface area contributed by atoms with E-state index in [1.54, 1.807) is 30.3 Å². The first kappa shape index (κ1) is 22.3. The summed E-state index contributed by atoms with van der Waals surface area (Å²) in [5.41, 5.74) is 0.692. The molecule has 0 fully saturated rings. The molecular formula is C20H17Cl2NO6S. The Morgan fingerprint density at radius 1 is 1.03 bits per heavy atom. The van der Waals surface area contributed by atoms with E-state index in [9.17, 15) is 22.8 Å². The number of halogens is 2. The van der Waals surface area contributed by atoms with Crippen LogP contribution in [0.15, 0.2) is 42.5 Å². The molecule has 10 heteroatoms. The van der Waals surface area contributed by atoms with Gasteiger partial charge in [0.15, 0.2) is 0 Å². The third-order valence-electron chi connectivity index (χ3n) is 4.53. The van der Waals surface area contributed by atoms with Crippen LogP contribution in [-0.4, -0.2) is 49.2 Å². The van der Waals surface area contributed by atoms with Crippen molar-refractivity contribution in [3.8, 4) is 0 Å². The van der Waals surface area contributed by atoms with Gasteiger partial charge in [0.25, 0.3) is 11.8 Å². The molecule has 0 bridgehead atoms. The standard InChI is InChI=1S/C20H17Cl2NO6S/c1-30(27,28)8-7-17(20(26)29-11-12-5-3-2-4-6-12)23-18(24)13-9-15(21)16(22)10-14(13)19(23)25/h2-6,9-10,17H,7-8,11H2,1H3/t17-/m1/s1. The van der Waals surface area contributed by atoms with Crippen LogP contribution in [0.4, 0.5) is 0 Å². The van der Waals surface area contributed by atoms with Crippen molar-refractivity contribution in [1.82, 2.24) is 4.90 Å². The fraction of sp³-hybridized carbons (Fsp3) is 0.250. The highest BCUT2D eigenvalue weighted by molar-refractivity contribution is 7.90. The normalized spacial score (nSPS) is 14.6. The van der Waals surface area contributed by atoms with E-state index in [0.717, 1.165) is 11.2 Å². The van der Waals surface area contributed by atoms with Gasteiger partial charge in [0, 0.05) is 6.26 Å². The van der Waals surface area contributed by atoms with Crippen molar-refractivity contribution in [2.24, 2.45) is 0 Å². The Morgan fingerprint density at radius 2 is 1.57 bits per heavy atom. The zero-order valence-electron chi connectivity index (χ0n) is 15.8. The minimum absolute atomic E-state index is 0.00499. The zero-order chi connectivity index (χ0) is 22.1. The maximum Gasteiger partial charge on any atom is 0.329 e. The second-order valence-electron chi connectivity index (χ2n) is 6.82. The van der Waals surface area contributed by atoms with Crippen molar-refractivity contribution < 1.29 is 27.5 Å². The van der Waals surface area contributed by atoms with Gasteiger partial charge < -0.3 is 4.74 Å². The maximum atomic E-state index is 12.9. The quantitative estimate of drug-likeness (QED) is 0.456. The summed E-state index contributed by atoms with van der Waals surface area (Å²) < 4.78 is 28.6. The molecule has 0 aliphatic carbocycles. The first-order chi connectivity index (χ1) is 14.1. The monoisotopic (exact) mass is 469 g/mol. The molecule has 0 spiro atoms. The van der Waals surface area contributed by atoms with Crippen molar-refractivity contribution in [3.63, 3.8) is 0 Å². The van der Waals surface area contributed by atoms with E-state index in [-0.39, 0.29) is 34.2 Å². The summed E-state index contributed by atoms with van der Waals surface area (Å²) in [5.74, 6) is -2.81. The van der Waals surface area contributed by atoms with Crippen molar-refractivity contribution in [3.05, 3.63) is 69.2 Å². The fourth-order valence-corrected chi connectivity index (χ4v) is 4.02. The summed E-state index contributed by atoms with van der Waals surface area (Å²) in [7, 11) is -3.46. The van der Waals surface area contributed by atoms with E-state index >= 15 is 0 Å². The number of imide groups is 1. The Kier molecular flexibility index (Phi) is 6.50. The van der Waals surface area contributed by atoms with E-state index in [1.807, 2.05) is 0 Å². The van der Waals surface area contributed by atoms with Crippen LogP contribution in [0, 0.1) is 0 Å². The number of fused-ring (bicyclic) bond motifs is 1. The largest absolute Gasteiger partial charge is 0.459 e. The lowest BCUT2D eigenvalue weighted by Crippen LogP contribution is -2.46. The maximum absolute atomic E-state index is 12.9. The van der Waals surface area contributed by atoms with Gasteiger partial charge in [-0.2, -0.15) is 0 Å². The molecule has 0 unspecified atom stereocenters. The van der Waals surface area contributed by atoms with Gasteiger partial charge in [-0.15, -0.1) is 0 Å². The fourth-order valence-electron chi connectivity index (χ4n) is 3.04. The minimum atomic E-state index is -3.46. The number of nitrogens with zero attached hydrogens (tertiary/aromatic N) is 1. The lowest BCUT2D eigenvalue weighted by Gasteiger charge is -2.24. The molecular weight excluding hydrogens is 453 g/mol. The molecule has 30 heavy (non-hydrogen) atoms. The number of benzene rings is 2. The Hall–Kier alpha value is -2.42. The smallest absolute Gasteiger partial charge is 0.329 e. The molecule has 2 amide bonds. The van der Waals surface area contributed by atoms with Crippen molar-refractivity contribution in [2.75, 3.05) is 12.0 Å². The average Bonchev–Trinajstić information content (AvgIpc) is 2.91. The van der Waals surface area contributed by atoms with Crippen LogP contribution in [0.3, 0.4) is 0 Å². The third kappa shape index (κ3) is 4.83. The zero-order valence-corrected chi connectivity index (χ0v) is 18.1. The summed E-state index contributed by atoms with van der Waals surface area (Å²) in [4.78, 5) is 39.2. The molecule has 0 N–H and O–H groups in total. The molecule has 1 heterocycles. The topological polar surface area (TPSA) is 97.8 Å². The number of ether oxygens (including phenoxy) is 1. The first-order valence-corrected chi connectivity index (χ1v) is 11.7. The van der Waals surface area contributed by atoms with E-state index in [1.165, 1.54) is 12.1 Å². The third-order valence-corrected chi connectivity index (χ3v) is 6.23. The Labute approximate surface area is 183 Å². The molecule has 0 radical (unpaired) electrons. The Morgan fingerprint density at radius 3 is 2.07 bits per heavy atom. The highest BCUT2D eigenvalue weighted by atomic mass is 35.5. The van der Waals surface area contributed by atoms with E-state index < -0.39 is 39.4 Å². The minimum Gasteiger partial charge on any atom is -0.459 e. The molecule has 3 rings (SSSR count). The van der Waals surface area contributed by atoms with E-state index in [0.29, 0.717) is 5.56 Å². The van der Waals surface area contributed by atoms with Crippen LogP contribution in [0.2, 0.25) is 10.0 Å². The van der Waals surface area contributed by atoms with Crippen LogP contribution < -0.4 is 0 Å². The average molecular weight is 470 g/mol. The lowest BCUT2D eigenvalue weighted by atomic mass is 10.1. The molecule has 0 saturated carbocycles. The van der Waals surface area contributed by atoms with Gasteiger partial charge >= 0.3 is 5.97 Å². The predicted octanol–water partition coefficient (Wildman–Crippen LogP) is 3.14. The molecule has 1 aliphatic heterocycles. The summed E-state index contributed by atoms with van der Waals surface area (Å²) in [5, 5.41) is 0.163. The number of hydrogen-bond acceptors (Lipinski definition) is 6. The molecule has 7 nitrogen and oxygen atoms in total. The van der Waals surface area contributed by atoms with Gasteiger partial charge in [0.1, 0.15) is 22.5 Å². The van der Waals surface area contributed by atoms with Crippen LogP contribution in [0.5, 0.6) is 0 Å². The Bertz CT molecular complexity index is 1080. The molecule has 1 aliphatic rings. The van der Waals surface area contributed by atoms with Gasteiger partial charge in [-0.1, -0.05) is 53.5 Å². The summed E-state index contributed by atoms with van der Waals surface area (Å²) in [6.07, 6.45) is 0.709. The van der Waals surface area contributed by atoms with Crippen molar-refractivity contribution in [1.29, 1.82) is 0 Å². The van der Waals surface area contributed by atoms with Gasteiger partial charge in [0.05, 0.1) is 26.9 Å². The number of sulfone groups is 1. The molecule has 2 aromatic rings. The van der Waals surface area contributed by atoms with Gasteiger partial charge in [-0.05, 0) is 24.1 Å². The van der Waals surface area contributed by atoms with Crippen LogP contribution in [0.25, 0.3) is 0 Å². The Balaban J connectivity index is 1.89. The van der Waals surface area contributed by atoms with Gasteiger partial charge in [-0.25, -0.2) is 13.2 Å². The lowest BCUT2D eigenvalue weighted by molar-refractivity contribution is -0.149. The molecule has 0 aromatic heterocycles. The first-order valence-electron chi connectivity index (χ1n) is 8.83. The van der Waals surface area contributed by atoms with E-state index in [2.05, 4.69) is 0 Å². The summed E-state index contributed by atoms with van der Waals surface area (Å²) in [6.45, 7) is -0.0874. The van der Waals surface area contributed by atoms with Crippen molar-refractivity contribution >= 4 is 50.8 Å². The van der Waals surface area contributed by atoms with Crippen LogP contribution in [0.1, 0.15) is 32.7 Å². The summed E-state index contributed by atoms with van der Waals surface area (Å²) in [6, 6.07) is 9.91. The van der Waals surface area contributed by atoms with Crippen molar-refractivity contribution in [2.45, 2.75) is 19.1 Å². The molecule has 2 aromatic carbocycles. The highest BCUT2D eigenvalue weighted by Gasteiger charge is 2.44. The van der Waals surface area contributed by atoms with Crippen LogP contribution in [-0.2, 0) is 26.0 Å². The number of hydrogen-bond donors (Lipinski definition) is 0. The van der Waals surface area contributed by atoms with Gasteiger partial charge in [0.2, 0.25) is 0 Å². The highest BCUT2D eigenvalue weighted by Crippen LogP contribution is 2.33. The predicted molar refractivity (Wildman–Crippen MR) is 111 cm³/mol. The molecule has 0 saturated heterocycles. The number of carbonyl (C=O) groups is 3. The molecule has 1 atom stereocenters. The van der Waals surface area contributed by atoms with E-state index in [4.69, 9.17) is 27.9 Å². The number of esters is 1. The number of rotatable bonds is 7. The number of carbonyl (C=O) groups excluding carboxylic acids is 3.